The first kappa shape index (κ1) is 22.0. The Balaban J connectivity index is 0.00000338. The summed E-state index contributed by atoms with van der Waals surface area (Å²) in [6.07, 6.45) is 1.85. The van der Waals surface area contributed by atoms with Crippen molar-refractivity contribution >= 4 is 41.5 Å². The molecule has 2 aromatic carbocycles. The molecule has 2 rings (SSSR count). The standard InChI is InChI=1S/C20H26N4O.HI/c1-3-15-11-8-12-16(4-2)18(15)24-20(21)23-14-13-22-19(25)17-9-6-5-7-10-17;/h5-12H,3-4,13-14H2,1-2H3,(H,22,25)(H3,21,23,24);1H. The van der Waals surface area contributed by atoms with Crippen molar-refractivity contribution in [1.82, 2.24) is 5.32 Å². The number of anilines is 1. The Bertz CT molecular complexity index is 710. The van der Waals surface area contributed by atoms with Gasteiger partial charge in [-0.3, -0.25) is 9.79 Å². The highest BCUT2D eigenvalue weighted by atomic mass is 127. The van der Waals surface area contributed by atoms with Gasteiger partial charge in [0.1, 0.15) is 0 Å². The van der Waals surface area contributed by atoms with E-state index in [9.17, 15) is 4.79 Å². The molecule has 5 nitrogen and oxygen atoms in total. The van der Waals surface area contributed by atoms with Crippen molar-refractivity contribution in [2.75, 3.05) is 18.4 Å². The van der Waals surface area contributed by atoms with Gasteiger partial charge >= 0.3 is 0 Å². The molecule has 0 fully saturated rings. The van der Waals surface area contributed by atoms with Gasteiger partial charge in [0.05, 0.1) is 6.54 Å². The van der Waals surface area contributed by atoms with E-state index in [4.69, 9.17) is 5.73 Å². The van der Waals surface area contributed by atoms with Crippen LogP contribution < -0.4 is 16.4 Å². The monoisotopic (exact) mass is 466 g/mol. The molecule has 0 aliphatic rings. The number of nitrogens with two attached hydrogens (primary N) is 1. The van der Waals surface area contributed by atoms with Crippen molar-refractivity contribution in [2.24, 2.45) is 10.7 Å². The Kier molecular flexibility index (Phi) is 9.72. The predicted octanol–water partition coefficient (Wildman–Crippen LogP) is 3.59. The van der Waals surface area contributed by atoms with Crippen LogP contribution in [0.3, 0.4) is 0 Å². The number of benzene rings is 2. The molecule has 0 unspecified atom stereocenters. The highest BCUT2D eigenvalue weighted by Gasteiger charge is 2.07. The van der Waals surface area contributed by atoms with Crippen LogP contribution in [-0.4, -0.2) is 25.0 Å². The minimum Gasteiger partial charge on any atom is -0.370 e. The zero-order valence-electron chi connectivity index (χ0n) is 15.3. The fraction of sp³-hybridized carbons (Fsp3) is 0.300. The van der Waals surface area contributed by atoms with Gasteiger partial charge in [-0.05, 0) is 36.1 Å². The van der Waals surface area contributed by atoms with Crippen LogP contribution in [0.5, 0.6) is 0 Å². The average Bonchev–Trinajstić information content (AvgIpc) is 2.65. The molecule has 0 saturated heterocycles. The molecular formula is C20H27IN4O. The predicted molar refractivity (Wildman–Crippen MR) is 120 cm³/mol. The highest BCUT2D eigenvalue weighted by Crippen LogP contribution is 2.22. The van der Waals surface area contributed by atoms with Crippen LogP contribution in [-0.2, 0) is 12.8 Å². The lowest BCUT2D eigenvalue weighted by Gasteiger charge is -2.14. The lowest BCUT2D eigenvalue weighted by Crippen LogP contribution is -2.28. The number of aryl methyl sites for hydroxylation is 2. The molecule has 0 spiro atoms. The Hall–Kier alpha value is -2.09. The van der Waals surface area contributed by atoms with E-state index in [-0.39, 0.29) is 29.9 Å². The molecule has 6 heteroatoms. The fourth-order valence-electron chi connectivity index (χ4n) is 2.61. The number of nitrogens with zero attached hydrogens (tertiary/aromatic N) is 1. The number of para-hydroxylation sites is 1. The summed E-state index contributed by atoms with van der Waals surface area (Å²) in [6, 6.07) is 15.4. The van der Waals surface area contributed by atoms with Gasteiger partial charge in [0, 0.05) is 17.8 Å². The Labute approximate surface area is 172 Å². The lowest BCUT2D eigenvalue weighted by molar-refractivity contribution is 0.0955. The van der Waals surface area contributed by atoms with Crippen molar-refractivity contribution in [3.05, 3.63) is 65.2 Å². The largest absolute Gasteiger partial charge is 0.370 e. The number of carbonyl (C=O) groups is 1. The van der Waals surface area contributed by atoms with Crippen molar-refractivity contribution in [1.29, 1.82) is 0 Å². The second-order valence-electron chi connectivity index (χ2n) is 5.67. The van der Waals surface area contributed by atoms with Gasteiger partial charge < -0.3 is 16.4 Å². The highest BCUT2D eigenvalue weighted by molar-refractivity contribution is 14.0. The quantitative estimate of drug-likeness (QED) is 0.253. The smallest absolute Gasteiger partial charge is 0.251 e. The van der Waals surface area contributed by atoms with Gasteiger partial charge in [-0.1, -0.05) is 50.2 Å². The number of hydrogen-bond acceptors (Lipinski definition) is 2. The van der Waals surface area contributed by atoms with Gasteiger partial charge in [0.15, 0.2) is 5.96 Å². The zero-order valence-corrected chi connectivity index (χ0v) is 17.6. The molecular weight excluding hydrogens is 439 g/mol. The third-order valence-electron chi connectivity index (χ3n) is 3.97. The summed E-state index contributed by atoms with van der Waals surface area (Å²) in [7, 11) is 0. The molecule has 1 amide bonds. The SMILES string of the molecule is CCc1cccc(CC)c1NC(N)=NCCNC(=O)c1ccccc1.I. The molecule has 26 heavy (non-hydrogen) atoms. The number of nitrogens with one attached hydrogen (secondary N) is 2. The van der Waals surface area contributed by atoms with Crippen molar-refractivity contribution in [3.8, 4) is 0 Å². The molecule has 140 valence electrons. The number of amides is 1. The first-order valence-corrected chi connectivity index (χ1v) is 8.66. The maximum absolute atomic E-state index is 11.9. The van der Waals surface area contributed by atoms with Crippen LogP contribution in [0.25, 0.3) is 0 Å². The Morgan fingerprint density at radius 3 is 2.19 bits per heavy atom. The van der Waals surface area contributed by atoms with E-state index in [1.54, 1.807) is 12.1 Å². The van der Waals surface area contributed by atoms with Gasteiger partial charge in [0.25, 0.3) is 5.91 Å². The van der Waals surface area contributed by atoms with Crippen molar-refractivity contribution < 1.29 is 4.79 Å². The molecule has 4 N–H and O–H groups in total. The van der Waals surface area contributed by atoms with Crippen molar-refractivity contribution in [2.45, 2.75) is 26.7 Å². The summed E-state index contributed by atoms with van der Waals surface area (Å²) in [4.78, 5) is 16.2. The molecule has 0 saturated carbocycles. The van der Waals surface area contributed by atoms with E-state index < -0.39 is 0 Å². The molecule has 0 aromatic heterocycles. The number of guanidine groups is 1. The van der Waals surface area contributed by atoms with E-state index in [1.807, 2.05) is 18.2 Å². The fourth-order valence-corrected chi connectivity index (χ4v) is 2.61. The molecule has 0 radical (unpaired) electrons. The summed E-state index contributed by atoms with van der Waals surface area (Å²) >= 11 is 0. The van der Waals surface area contributed by atoms with E-state index >= 15 is 0 Å². The Morgan fingerprint density at radius 2 is 1.62 bits per heavy atom. The number of halogens is 1. The maximum atomic E-state index is 11.9. The molecule has 0 heterocycles. The van der Waals surface area contributed by atoms with E-state index in [0.717, 1.165) is 18.5 Å². The Morgan fingerprint density at radius 1 is 1.00 bits per heavy atom. The minimum absolute atomic E-state index is 0. The van der Waals surface area contributed by atoms with Crippen LogP contribution in [0, 0.1) is 0 Å². The third kappa shape index (κ3) is 6.33. The zero-order chi connectivity index (χ0) is 18.1. The van der Waals surface area contributed by atoms with Crippen LogP contribution in [0.15, 0.2) is 53.5 Å². The van der Waals surface area contributed by atoms with Gasteiger partial charge in [-0.15, -0.1) is 24.0 Å². The van der Waals surface area contributed by atoms with Crippen LogP contribution in [0.2, 0.25) is 0 Å². The van der Waals surface area contributed by atoms with Gasteiger partial charge in [0.2, 0.25) is 0 Å². The lowest BCUT2D eigenvalue weighted by atomic mass is 10.0. The first-order valence-electron chi connectivity index (χ1n) is 8.66. The summed E-state index contributed by atoms with van der Waals surface area (Å²) in [5.41, 5.74) is 10.1. The normalized spacial score (nSPS) is 10.8. The van der Waals surface area contributed by atoms with E-state index in [1.165, 1.54) is 11.1 Å². The van der Waals surface area contributed by atoms with Crippen LogP contribution in [0.4, 0.5) is 5.69 Å². The number of rotatable bonds is 7. The molecule has 0 aliphatic heterocycles. The number of aliphatic imine (C=N–C) groups is 1. The van der Waals surface area contributed by atoms with E-state index in [2.05, 4.69) is 47.7 Å². The summed E-state index contributed by atoms with van der Waals surface area (Å²) in [5, 5.41) is 6.05. The second-order valence-corrected chi connectivity index (χ2v) is 5.67. The maximum Gasteiger partial charge on any atom is 0.251 e. The van der Waals surface area contributed by atoms with E-state index in [0.29, 0.717) is 24.6 Å². The molecule has 2 aromatic rings. The third-order valence-corrected chi connectivity index (χ3v) is 3.97. The van der Waals surface area contributed by atoms with Gasteiger partial charge in [-0.25, -0.2) is 0 Å². The summed E-state index contributed by atoms with van der Waals surface area (Å²) in [5.74, 6) is 0.261. The molecule has 0 atom stereocenters. The second kappa shape index (κ2) is 11.5. The van der Waals surface area contributed by atoms with Gasteiger partial charge in [-0.2, -0.15) is 0 Å². The summed E-state index contributed by atoms with van der Waals surface area (Å²) in [6.45, 7) is 5.10. The average molecular weight is 466 g/mol. The topological polar surface area (TPSA) is 79.5 Å². The first-order chi connectivity index (χ1) is 12.2. The number of carbonyl (C=O) groups excluding carboxylic acids is 1. The summed E-state index contributed by atoms with van der Waals surface area (Å²) < 4.78 is 0. The number of hydrogen-bond donors (Lipinski definition) is 3. The van der Waals surface area contributed by atoms with Crippen molar-refractivity contribution in [3.63, 3.8) is 0 Å². The van der Waals surface area contributed by atoms with Crippen LogP contribution >= 0.6 is 24.0 Å². The molecule has 0 bridgehead atoms. The molecule has 0 aliphatic carbocycles. The van der Waals surface area contributed by atoms with Crippen LogP contribution in [0.1, 0.15) is 35.3 Å². The minimum atomic E-state index is -0.105.